The van der Waals surface area contributed by atoms with Crippen LogP contribution >= 0.6 is 0 Å². The predicted octanol–water partition coefficient (Wildman–Crippen LogP) is 2.22. The van der Waals surface area contributed by atoms with E-state index in [2.05, 4.69) is 40.5 Å². The molecule has 0 radical (unpaired) electrons. The number of guanidine groups is 1. The van der Waals surface area contributed by atoms with E-state index in [1.54, 1.807) is 0 Å². The third kappa shape index (κ3) is 2.89. The first-order valence-corrected chi connectivity index (χ1v) is 7.53. The summed E-state index contributed by atoms with van der Waals surface area (Å²) in [5, 5.41) is 3.58. The number of ether oxygens (including phenoxy) is 1. The highest BCUT2D eigenvalue weighted by Gasteiger charge is 2.39. The molecule has 20 heavy (non-hydrogen) atoms. The van der Waals surface area contributed by atoms with Crippen LogP contribution in [0.3, 0.4) is 0 Å². The summed E-state index contributed by atoms with van der Waals surface area (Å²) in [5.41, 5.74) is 1.37. The van der Waals surface area contributed by atoms with Crippen LogP contribution in [-0.2, 0) is 0 Å². The molecular formula is C16H23N3O. The van der Waals surface area contributed by atoms with E-state index in [9.17, 15) is 0 Å². The Hall–Kier alpha value is -1.71. The SMILES string of the molecule is CCOc1cccc([C@@H]2C[C@H]2NC2=NCCCN2C)c1. The third-order valence-corrected chi connectivity index (χ3v) is 3.98. The minimum Gasteiger partial charge on any atom is -0.494 e. The number of nitrogens with zero attached hydrogens (tertiary/aromatic N) is 2. The van der Waals surface area contributed by atoms with E-state index >= 15 is 0 Å². The van der Waals surface area contributed by atoms with Crippen molar-refractivity contribution in [3.8, 4) is 5.75 Å². The van der Waals surface area contributed by atoms with Gasteiger partial charge in [0, 0.05) is 32.1 Å². The summed E-state index contributed by atoms with van der Waals surface area (Å²) in [6.07, 6.45) is 2.34. The zero-order valence-corrected chi connectivity index (χ0v) is 12.3. The first-order valence-electron chi connectivity index (χ1n) is 7.53. The van der Waals surface area contributed by atoms with Crippen molar-refractivity contribution < 1.29 is 4.74 Å². The van der Waals surface area contributed by atoms with Crippen molar-refractivity contribution in [2.75, 3.05) is 26.7 Å². The van der Waals surface area contributed by atoms with Crippen LogP contribution in [0, 0.1) is 0 Å². The molecule has 1 aliphatic carbocycles. The lowest BCUT2D eigenvalue weighted by Crippen LogP contribution is -2.43. The Balaban J connectivity index is 1.61. The molecule has 1 aromatic rings. The summed E-state index contributed by atoms with van der Waals surface area (Å²) in [6, 6.07) is 8.99. The first-order chi connectivity index (χ1) is 9.78. The molecule has 0 aromatic heterocycles. The Bertz CT molecular complexity index is 500. The highest BCUT2D eigenvalue weighted by molar-refractivity contribution is 5.81. The topological polar surface area (TPSA) is 36.9 Å². The van der Waals surface area contributed by atoms with Crippen LogP contribution in [0.15, 0.2) is 29.3 Å². The van der Waals surface area contributed by atoms with Crippen molar-refractivity contribution in [1.82, 2.24) is 10.2 Å². The lowest BCUT2D eigenvalue weighted by atomic mass is 10.1. The Kier molecular flexibility index (Phi) is 3.81. The number of benzene rings is 1. The van der Waals surface area contributed by atoms with E-state index in [1.165, 1.54) is 12.0 Å². The molecule has 4 nitrogen and oxygen atoms in total. The van der Waals surface area contributed by atoms with Crippen LogP contribution in [-0.4, -0.2) is 43.6 Å². The Morgan fingerprint density at radius 1 is 1.45 bits per heavy atom. The van der Waals surface area contributed by atoms with Gasteiger partial charge in [-0.3, -0.25) is 4.99 Å². The van der Waals surface area contributed by atoms with E-state index in [-0.39, 0.29) is 0 Å². The summed E-state index contributed by atoms with van der Waals surface area (Å²) >= 11 is 0. The third-order valence-electron chi connectivity index (χ3n) is 3.98. The van der Waals surface area contributed by atoms with Gasteiger partial charge in [-0.05, 0) is 37.5 Å². The molecule has 1 N–H and O–H groups in total. The maximum atomic E-state index is 5.57. The molecule has 1 aromatic carbocycles. The number of rotatable bonds is 4. The van der Waals surface area contributed by atoms with Gasteiger partial charge in [-0.1, -0.05) is 12.1 Å². The van der Waals surface area contributed by atoms with Crippen molar-refractivity contribution in [2.24, 2.45) is 4.99 Å². The van der Waals surface area contributed by atoms with Gasteiger partial charge in [0.1, 0.15) is 5.75 Å². The van der Waals surface area contributed by atoms with E-state index in [4.69, 9.17) is 4.74 Å². The molecule has 2 aliphatic rings. The van der Waals surface area contributed by atoms with Gasteiger partial charge in [0.05, 0.1) is 6.61 Å². The lowest BCUT2D eigenvalue weighted by Gasteiger charge is -2.25. The molecule has 4 heteroatoms. The van der Waals surface area contributed by atoms with E-state index in [0.717, 1.165) is 37.8 Å². The van der Waals surface area contributed by atoms with Crippen LogP contribution in [0.5, 0.6) is 5.75 Å². The van der Waals surface area contributed by atoms with E-state index in [0.29, 0.717) is 12.0 Å². The second kappa shape index (κ2) is 5.73. The normalized spacial score (nSPS) is 25.1. The highest BCUT2D eigenvalue weighted by Crippen LogP contribution is 2.41. The van der Waals surface area contributed by atoms with Crippen molar-refractivity contribution in [3.63, 3.8) is 0 Å². The van der Waals surface area contributed by atoms with Gasteiger partial charge in [0.2, 0.25) is 0 Å². The quantitative estimate of drug-likeness (QED) is 0.914. The number of aliphatic imine (C=N–C) groups is 1. The monoisotopic (exact) mass is 273 g/mol. The molecule has 1 fully saturated rings. The molecule has 0 spiro atoms. The van der Waals surface area contributed by atoms with Crippen LogP contribution in [0.4, 0.5) is 0 Å². The minimum atomic E-state index is 0.520. The van der Waals surface area contributed by atoms with E-state index < -0.39 is 0 Å². The second-order valence-electron chi connectivity index (χ2n) is 5.58. The van der Waals surface area contributed by atoms with Crippen molar-refractivity contribution >= 4 is 5.96 Å². The molecule has 0 unspecified atom stereocenters. The summed E-state index contributed by atoms with van der Waals surface area (Å²) < 4.78 is 5.57. The minimum absolute atomic E-state index is 0.520. The van der Waals surface area contributed by atoms with Gasteiger partial charge < -0.3 is 15.0 Å². The highest BCUT2D eigenvalue weighted by atomic mass is 16.5. The van der Waals surface area contributed by atoms with Crippen LogP contribution in [0.1, 0.15) is 31.2 Å². The largest absolute Gasteiger partial charge is 0.494 e. The van der Waals surface area contributed by atoms with Gasteiger partial charge in [-0.25, -0.2) is 0 Å². The lowest BCUT2D eigenvalue weighted by molar-refractivity contribution is 0.340. The zero-order valence-electron chi connectivity index (χ0n) is 12.3. The first kappa shape index (κ1) is 13.3. The average molecular weight is 273 g/mol. The molecule has 0 bridgehead atoms. The fourth-order valence-corrected chi connectivity index (χ4v) is 2.77. The predicted molar refractivity (Wildman–Crippen MR) is 81.4 cm³/mol. The number of hydrogen-bond acceptors (Lipinski definition) is 4. The maximum Gasteiger partial charge on any atom is 0.193 e. The van der Waals surface area contributed by atoms with Gasteiger partial charge in [-0.15, -0.1) is 0 Å². The Morgan fingerprint density at radius 2 is 2.35 bits per heavy atom. The molecule has 0 saturated heterocycles. The van der Waals surface area contributed by atoms with Crippen LogP contribution in [0.2, 0.25) is 0 Å². The average Bonchev–Trinajstić information content (AvgIpc) is 3.22. The molecule has 1 heterocycles. The summed E-state index contributed by atoms with van der Waals surface area (Å²) in [6.45, 7) is 4.79. The summed E-state index contributed by atoms with van der Waals surface area (Å²) in [7, 11) is 2.11. The second-order valence-corrected chi connectivity index (χ2v) is 5.58. The van der Waals surface area contributed by atoms with Gasteiger partial charge in [-0.2, -0.15) is 0 Å². The van der Waals surface area contributed by atoms with Gasteiger partial charge in [0.25, 0.3) is 0 Å². The zero-order chi connectivity index (χ0) is 13.9. The maximum absolute atomic E-state index is 5.57. The van der Waals surface area contributed by atoms with Crippen molar-refractivity contribution in [2.45, 2.75) is 31.7 Å². The van der Waals surface area contributed by atoms with E-state index in [1.807, 2.05) is 13.0 Å². The summed E-state index contributed by atoms with van der Waals surface area (Å²) in [4.78, 5) is 6.79. The smallest absolute Gasteiger partial charge is 0.193 e. The summed E-state index contributed by atoms with van der Waals surface area (Å²) in [5.74, 6) is 2.63. The van der Waals surface area contributed by atoms with Crippen molar-refractivity contribution in [1.29, 1.82) is 0 Å². The molecule has 2 atom stereocenters. The number of hydrogen-bond donors (Lipinski definition) is 1. The Morgan fingerprint density at radius 3 is 3.15 bits per heavy atom. The standard InChI is InChI=1S/C16H23N3O/c1-3-20-13-7-4-6-12(10-13)14-11-15(14)18-16-17-8-5-9-19(16)2/h4,6-7,10,14-15H,3,5,8-9,11H2,1-2H3,(H,17,18)/t14-,15+/m0/s1. The fraction of sp³-hybridized carbons (Fsp3) is 0.562. The van der Waals surface area contributed by atoms with Crippen molar-refractivity contribution in [3.05, 3.63) is 29.8 Å². The molecular weight excluding hydrogens is 250 g/mol. The van der Waals surface area contributed by atoms with Gasteiger partial charge in [0.15, 0.2) is 5.96 Å². The fourth-order valence-electron chi connectivity index (χ4n) is 2.77. The molecule has 108 valence electrons. The molecule has 0 amide bonds. The molecule has 1 saturated carbocycles. The van der Waals surface area contributed by atoms with Crippen LogP contribution < -0.4 is 10.1 Å². The van der Waals surface area contributed by atoms with Gasteiger partial charge >= 0.3 is 0 Å². The van der Waals surface area contributed by atoms with Crippen LogP contribution in [0.25, 0.3) is 0 Å². The number of nitrogens with one attached hydrogen (secondary N) is 1. The molecule has 3 rings (SSSR count). The molecule has 1 aliphatic heterocycles. The Labute approximate surface area is 120 Å².